The van der Waals surface area contributed by atoms with Crippen molar-refractivity contribution in [3.05, 3.63) is 30.1 Å². The summed E-state index contributed by atoms with van der Waals surface area (Å²) in [5, 5.41) is 0. The van der Waals surface area contributed by atoms with E-state index in [1.165, 1.54) is 18.4 Å². The summed E-state index contributed by atoms with van der Waals surface area (Å²) in [5.74, 6) is 1.15. The van der Waals surface area contributed by atoms with Crippen molar-refractivity contribution in [3.63, 3.8) is 0 Å². The van der Waals surface area contributed by atoms with Crippen molar-refractivity contribution in [3.8, 4) is 0 Å². The second-order valence-electron chi connectivity index (χ2n) is 6.43. The zero-order valence-electron chi connectivity index (χ0n) is 13.3. The van der Waals surface area contributed by atoms with Crippen LogP contribution in [0.4, 0.5) is 0 Å². The number of benzene rings is 1. The third-order valence-electron chi connectivity index (χ3n) is 5.12. The van der Waals surface area contributed by atoms with Crippen molar-refractivity contribution in [1.29, 1.82) is 0 Å². The lowest BCUT2D eigenvalue weighted by Crippen LogP contribution is -2.40. The van der Waals surface area contributed by atoms with Crippen LogP contribution in [-0.4, -0.2) is 33.6 Å². The quantitative estimate of drug-likeness (QED) is 0.944. The predicted octanol–water partition coefficient (Wildman–Crippen LogP) is 2.84. The van der Waals surface area contributed by atoms with Gasteiger partial charge in [-0.25, -0.2) is 4.98 Å². The molecule has 0 aliphatic heterocycles. The van der Waals surface area contributed by atoms with Crippen molar-refractivity contribution in [2.75, 3.05) is 7.05 Å². The van der Waals surface area contributed by atoms with Gasteiger partial charge in [0, 0.05) is 19.1 Å². The fourth-order valence-electron chi connectivity index (χ4n) is 3.55. The van der Waals surface area contributed by atoms with Crippen molar-refractivity contribution < 1.29 is 0 Å². The molecule has 3 rings (SSSR count). The van der Waals surface area contributed by atoms with Gasteiger partial charge < -0.3 is 10.3 Å². The molecule has 0 spiro atoms. The predicted molar refractivity (Wildman–Crippen MR) is 87.1 cm³/mol. The van der Waals surface area contributed by atoms with Crippen molar-refractivity contribution in [2.45, 2.75) is 50.7 Å². The summed E-state index contributed by atoms with van der Waals surface area (Å²) in [6.45, 7) is 2.26. The van der Waals surface area contributed by atoms with E-state index in [1.54, 1.807) is 0 Å². The summed E-state index contributed by atoms with van der Waals surface area (Å²) in [6, 6.07) is 9.70. The molecule has 1 aromatic heterocycles. The minimum atomic E-state index is 0.321. The highest BCUT2D eigenvalue weighted by molar-refractivity contribution is 5.75. The molecule has 2 aromatic rings. The first kappa shape index (κ1) is 14.5. The molecule has 1 saturated carbocycles. The van der Waals surface area contributed by atoms with Gasteiger partial charge in [-0.15, -0.1) is 0 Å². The molecule has 0 saturated heterocycles. The van der Waals surface area contributed by atoms with Crippen LogP contribution < -0.4 is 5.73 Å². The number of rotatable bonds is 3. The lowest BCUT2D eigenvalue weighted by atomic mass is 9.90. The number of hydrogen-bond donors (Lipinski definition) is 1. The number of fused-ring (bicyclic) bond motifs is 1. The van der Waals surface area contributed by atoms with Crippen LogP contribution in [0.3, 0.4) is 0 Å². The Hall–Kier alpha value is -1.39. The molecule has 0 amide bonds. The van der Waals surface area contributed by atoms with E-state index in [1.807, 2.05) is 0 Å². The summed E-state index contributed by atoms with van der Waals surface area (Å²) in [5.41, 5.74) is 8.32. The van der Waals surface area contributed by atoms with Crippen molar-refractivity contribution in [1.82, 2.24) is 14.5 Å². The van der Waals surface area contributed by atoms with Gasteiger partial charge in [0.2, 0.25) is 0 Å². The molecule has 1 aromatic carbocycles. The van der Waals surface area contributed by atoms with Gasteiger partial charge in [-0.1, -0.05) is 12.1 Å². The Labute approximate surface area is 126 Å². The molecule has 1 heterocycles. The van der Waals surface area contributed by atoms with E-state index in [4.69, 9.17) is 10.7 Å². The molecular formula is C17H26N4. The number of imidazole rings is 1. The molecule has 114 valence electrons. The Morgan fingerprint density at radius 1 is 1.24 bits per heavy atom. The minimum absolute atomic E-state index is 0.321. The first-order valence-corrected chi connectivity index (χ1v) is 7.96. The topological polar surface area (TPSA) is 47.1 Å². The van der Waals surface area contributed by atoms with Crippen LogP contribution in [-0.2, 0) is 7.05 Å². The van der Waals surface area contributed by atoms with E-state index in [0.29, 0.717) is 18.1 Å². The molecular weight excluding hydrogens is 260 g/mol. The molecule has 21 heavy (non-hydrogen) atoms. The Morgan fingerprint density at radius 2 is 1.90 bits per heavy atom. The summed E-state index contributed by atoms with van der Waals surface area (Å²) in [6.07, 6.45) is 4.69. The van der Waals surface area contributed by atoms with Gasteiger partial charge in [-0.2, -0.15) is 0 Å². The Morgan fingerprint density at radius 3 is 2.57 bits per heavy atom. The van der Waals surface area contributed by atoms with Crippen LogP contribution in [0.5, 0.6) is 0 Å². The maximum atomic E-state index is 6.02. The number of aromatic nitrogens is 2. The second kappa shape index (κ2) is 5.78. The van der Waals surface area contributed by atoms with E-state index < -0.39 is 0 Å². The van der Waals surface area contributed by atoms with E-state index in [2.05, 4.69) is 54.8 Å². The normalized spacial score (nSPS) is 24.6. The van der Waals surface area contributed by atoms with Crippen LogP contribution in [0.2, 0.25) is 0 Å². The van der Waals surface area contributed by atoms with Crippen LogP contribution in [0, 0.1) is 0 Å². The van der Waals surface area contributed by atoms with Gasteiger partial charge in [0.25, 0.3) is 0 Å². The highest BCUT2D eigenvalue weighted by Gasteiger charge is 2.27. The fourth-order valence-corrected chi connectivity index (χ4v) is 3.55. The van der Waals surface area contributed by atoms with Gasteiger partial charge >= 0.3 is 0 Å². The van der Waals surface area contributed by atoms with E-state index in [9.17, 15) is 0 Å². The first-order valence-electron chi connectivity index (χ1n) is 7.96. The molecule has 1 fully saturated rings. The van der Waals surface area contributed by atoms with Crippen LogP contribution >= 0.6 is 0 Å². The standard InChI is InChI=1S/C17H26N4/c1-12(20(2)14-10-8-13(18)9-11-14)17-19-15-6-4-5-7-16(15)21(17)3/h4-7,12-14H,8-11,18H2,1-3H3. The lowest BCUT2D eigenvalue weighted by molar-refractivity contribution is 0.134. The van der Waals surface area contributed by atoms with Crippen LogP contribution in [0.1, 0.15) is 44.5 Å². The second-order valence-corrected chi connectivity index (χ2v) is 6.43. The lowest BCUT2D eigenvalue weighted by Gasteiger charge is -2.36. The van der Waals surface area contributed by atoms with Gasteiger partial charge in [0.15, 0.2) is 0 Å². The highest BCUT2D eigenvalue weighted by Crippen LogP contribution is 2.29. The minimum Gasteiger partial charge on any atom is -0.330 e. The molecule has 0 radical (unpaired) electrons. The molecule has 4 nitrogen and oxygen atoms in total. The molecule has 1 unspecified atom stereocenters. The Bertz CT molecular complexity index is 610. The Balaban J connectivity index is 1.82. The van der Waals surface area contributed by atoms with E-state index in [0.717, 1.165) is 24.2 Å². The zero-order chi connectivity index (χ0) is 15.0. The monoisotopic (exact) mass is 286 g/mol. The first-order chi connectivity index (χ1) is 10.1. The maximum absolute atomic E-state index is 6.02. The Kier molecular flexibility index (Phi) is 4.00. The fraction of sp³-hybridized carbons (Fsp3) is 0.588. The molecule has 2 N–H and O–H groups in total. The number of aryl methyl sites for hydroxylation is 1. The molecule has 1 aliphatic rings. The van der Waals surface area contributed by atoms with E-state index in [-0.39, 0.29) is 0 Å². The van der Waals surface area contributed by atoms with Gasteiger partial charge in [-0.3, -0.25) is 4.90 Å². The average molecular weight is 286 g/mol. The average Bonchev–Trinajstić information content (AvgIpc) is 2.84. The van der Waals surface area contributed by atoms with Crippen LogP contribution in [0.25, 0.3) is 11.0 Å². The number of para-hydroxylation sites is 2. The third-order valence-corrected chi connectivity index (χ3v) is 5.12. The summed E-state index contributed by atoms with van der Waals surface area (Å²) in [4.78, 5) is 7.32. The number of hydrogen-bond acceptors (Lipinski definition) is 3. The summed E-state index contributed by atoms with van der Waals surface area (Å²) < 4.78 is 2.23. The van der Waals surface area contributed by atoms with Gasteiger partial charge in [0.1, 0.15) is 5.82 Å². The van der Waals surface area contributed by atoms with E-state index >= 15 is 0 Å². The maximum Gasteiger partial charge on any atom is 0.126 e. The summed E-state index contributed by atoms with van der Waals surface area (Å²) >= 11 is 0. The van der Waals surface area contributed by atoms with Crippen molar-refractivity contribution in [2.24, 2.45) is 12.8 Å². The smallest absolute Gasteiger partial charge is 0.126 e. The SMILES string of the molecule is CC(c1nc2ccccc2n1C)N(C)C1CCC(N)CC1. The number of nitrogens with zero attached hydrogens (tertiary/aromatic N) is 3. The van der Waals surface area contributed by atoms with Crippen LogP contribution in [0.15, 0.2) is 24.3 Å². The summed E-state index contributed by atoms with van der Waals surface area (Å²) in [7, 11) is 4.34. The van der Waals surface area contributed by atoms with Gasteiger partial charge in [0.05, 0.1) is 17.1 Å². The number of nitrogens with two attached hydrogens (primary N) is 1. The zero-order valence-corrected chi connectivity index (χ0v) is 13.3. The van der Waals surface area contributed by atoms with Crippen molar-refractivity contribution >= 4 is 11.0 Å². The van der Waals surface area contributed by atoms with Gasteiger partial charge in [-0.05, 0) is 51.8 Å². The highest BCUT2D eigenvalue weighted by atomic mass is 15.2. The molecule has 0 bridgehead atoms. The third kappa shape index (κ3) is 2.70. The molecule has 1 atom stereocenters. The molecule has 4 heteroatoms. The molecule has 1 aliphatic carbocycles. The largest absolute Gasteiger partial charge is 0.330 e.